The quantitative estimate of drug-likeness (QED) is 0.427. The van der Waals surface area contributed by atoms with Crippen molar-refractivity contribution in [3.8, 4) is 5.69 Å². The first kappa shape index (κ1) is 20.7. The molecule has 31 heavy (non-hydrogen) atoms. The standard InChI is InChI=1S/C24H20FN3O2S/c1-13-5-4-6-21(15(13)3)28-23(30)18-10-8-16(11-20(18)27-24(28)31)22(29)26-19-12-17(25)9-7-14(19)2/h4-12H,1-3H3,(H,26,29)(H,27,31). The lowest BCUT2D eigenvalue weighted by atomic mass is 10.1. The van der Waals surface area contributed by atoms with Crippen molar-refractivity contribution in [3.05, 3.63) is 97.8 Å². The third-order valence-corrected chi connectivity index (χ3v) is 5.71. The van der Waals surface area contributed by atoms with E-state index < -0.39 is 11.7 Å². The van der Waals surface area contributed by atoms with Crippen LogP contribution in [0.15, 0.2) is 59.4 Å². The highest BCUT2D eigenvalue weighted by atomic mass is 32.1. The fourth-order valence-electron chi connectivity index (χ4n) is 3.48. The predicted molar refractivity (Wildman–Crippen MR) is 123 cm³/mol. The van der Waals surface area contributed by atoms with Gasteiger partial charge in [0.05, 0.1) is 16.6 Å². The molecule has 0 radical (unpaired) electrons. The SMILES string of the molecule is Cc1ccc(F)cc1NC(=O)c1ccc2c(=O)n(-c3cccc(C)c3C)c(=S)[nH]c2c1. The summed E-state index contributed by atoms with van der Waals surface area (Å²) in [5.41, 5.74) is 4.39. The molecule has 156 valence electrons. The Morgan fingerprint density at radius 2 is 1.81 bits per heavy atom. The van der Waals surface area contributed by atoms with Crippen molar-refractivity contribution in [2.45, 2.75) is 20.8 Å². The number of aromatic nitrogens is 2. The molecule has 0 aliphatic heterocycles. The number of benzene rings is 3. The fraction of sp³-hybridized carbons (Fsp3) is 0.125. The van der Waals surface area contributed by atoms with Gasteiger partial charge in [-0.15, -0.1) is 0 Å². The third kappa shape index (κ3) is 3.80. The molecule has 4 aromatic rings. The zero-order valence-electron chi connectivity index (χ0n) is 17.2. The van der Waals surface area contributed by atoms with E-state index in [0.29, 0.717) is 22.2 Å². The lowest BCUT2D eigenvalue weighted by Crippen LogP contribution is -2.22. The van der Waals surface area contributed by atoms with Gasteiger partial charge in [0.1, 0.15) is 5.82 Å². The molecule has 2 N–H and O–H groups in total. The van der Waals surface area contributed by atoms with Crippen LogP contribution in [0.4, 0.5) is 10.1 Å². The number of aromatic amines is 1. The molecule has 0 saturated carbocycles. The van der Waals surface area contributed by atoms with Gasteiger partial charge >= 0.3 is 0 Å². The van der Waals surface area contributed by atoms with Gasteiger partial charge in [0.25, 0.3) is 11.5 Å². The van der Waals surface area contributed by atoms with Crippen molar-refractivity contribution < 1.29 is 9.18 Å². The second-order valence-electron chi connectivity index (χ2n) is 7.46. The van der Waals surface area contributed by atoms with Crippen LogP contribution >= 0.6 is 12.2 Å². The number of carbonyl (C=O) groups excluding carboxylic acids is 1. The van der Waals surface area contributed by atoms with Gasteiger partial charge in [0.15, 0.2) is 4.77 Å². The normalized spacial score (nSPS) is 11.0. The smallest absolute Gasteiger partial charge is 0.266 e. The molecule has 0 atom stereocenters. The number of carbonyl (C=O) groups is 1. The average molecular weight is 434 g/mol. The second-order valence-corrected chi connectivity index (χ2v) is 7.85. The number of H-pyrrole nitrogens is 1. The molecule has 7 heteroatoms. The van der Waals surface area contributed by atoms with Crippen molar-refractivity contribution in [1.82, 2.24) is 9.55 Å². The Labute approximate surface area is 183 Å². The summed E-state index contributed by atoms with van der Waals surface area (Å²) in [5.74, 6) is -0.843. The monoisotopic (exact) mass is 433 g/mol. The summed E-state index contributed by atoms with van der Waals surface area (Å²) < 4.78 is 15.2. The summed E-state index contributed by atoms with van der Waals surface area (Å²) in [5, 5.41) is 3.12. The van der Waals surface area contributed by atoms with E-state index in [-0.39, 0.29) is 10.3 Å². The largest absolute Gasteiger partial charge is 0.331 e. The number of nitrogens with zero attached hydrogens (tertiary/aromatic N) is 1. The Balaban J connectivity index is 1.78. The molecule has 0 aliphatic carbocycles. The zero-order valence-corrected chi connectivity index (χ0v) is 18.1. The fourth-order valence-corrected chi connectivity index (χ4v) is 3.77. The maximum absolute atomic E-state index is 13.5. The van der Waals surface area contributed by atoms with Crippen LogP contribution in [0.5, 0.6) is 0 Å². The molecule has 1 aromatic heterocycles. The van der Waals surface area contributed by atoms with E-state index in [0.717, 1.165) is 22.4 Å². The predicted octanol–water partition coefficient (Wildman–Crippen LogP) is 5.36. The van der Waals surface area contributed by atoms with E-state index in [1.807, 2.05) is 32.0 Å². The van der Waals surface area contributed by atoms with Gasteiger partial charge in [-0.05, 0) is 86.1 Å². The van der Waals surface area contributed by atoms with E-state index >= 15 is 0 Å². The highest BCUT2D eigenvalue weighted by Crippen LogP contribution is 2.20. The molecule has 0 aliphatic rings. The molecule has 3 aromatic carbocycles. The summed E-state index contributed by atoms with van der Waals surface area (Å²) in [6.45, 7) is 5.70. The second kappa shape index (κ2) is 7.92. The lowest BCUT2D eigenvalue weighted by Gasteiger charge is -2.13. The van der Waals surface area contributed by atoms with Crippen LogP contribution in [0.25, 0.3) is 16.6 Å². The molecule has 1 amide bonds. The number of amides is 1. The minimum atomic E-state index is -0.435. The number of fused-ring (bicyclic) bond motifs is 1. The number of rotatable bonds is 3. The molecule has 5 nitrogen and oxygen atoms in total. The van der Waals surface area contributed by atoms with Gasteiger partial charge in [-0.2, -0.15) is 0 Å². The summed E-state index contributed by atoms with van der Waals surface area (Å²) >= 11 is 5.46. The van der Waals surface area contributed by atoms with E-state index in [1.54, 1.807) is 31.2 Å². The Kier molecular flexibility index (Phi) is 5.29. The topological polar surface area (TPSA) is 66.9 Å². The summed E-state index contributed by atoms with van der Waals surface area (Å²) in [4.78, 5) is 29.0. The Bertz CT molecular complexity index is 1470. The van der Waals surface area contributed by atoms with Gasteiger partial charge in [-0.1, -0.05) is 18.2 Å². The number of hydrogen-bond acceptors (Lipinski definition) is 3. The van der Waals surface area contributed by atoms with E-state index in [9.17, 15) is 14.0 Å². The van der Waals surface area contributed by atoms with Gasteiger partial charge in [0, 0.05) is 11.3 Å². The van der Waals surface area contributed by atoms with Crippen LogP contribution in [-0.4, -0.2) is 15.5 Å². The number of aryl methyl sites for hydroxylation is 2. The van der Waals surface area contributed by atoms with Gasteiger partial charge in [-0.25, -0.2) is 4.39 Å². The van der Waals surface area contributed by atoms with Crippen LogP contribution in [-0.2, 0) is 0 Å². The highest BCUT2D eigenvalue weighted by molar-refractivity contribution is 7.71. The molecule has 0 unspecified atom stereocenters. The average Bonchev–Trinajstić information content (AvgIpc) is 2.73. The van der Waals surface area contributed by atoms with E-state index in [1.165, 1.54) is 16.7 Å². The highest BCUT2D eigenvalue weighted by Gasteiger charge is 2.14. The maximum atomic E-state index is 13.5. The van der Waals surface area contributed by atoms with Crippen molar-refractivity contribution in [1.29, 1.82) is 0 Å². The first-order valence-corrected chi connectivity index (χ1v) is 10.1. The summed E-state index contributed by atoms with van der Waals surface area (Å²) in [6, 6.07) is 14.6. The van der Waals surface area contributed by atoms with Crippen molar-refractivity contribution >= 4 is 34.7 Å². The lowest BCUT2D eigenvalue weighted by molar-refractivity contribution is 0.102. The number of nitrogens with one attached hydrogen (secondary N) is 2. The number of anilines is 1. The number of hydrogen-bond donors (Lipinski definition) is 2. The first-order valence-electron chi connectivity index (χ1n) is 9.69. The van der Waals surface area contributed by atoms with Crippen molar-refractivity contribution in [3.63, 3.8) is 0 Å². The Morgan fingerprint density at radius 1 is 1.03 bits per heavy atom. The Morgan fingerprint density at radius 3 is 2.58 bits per heavy atom. The molecule has 0 spiro atoms. The molecule has 0 saturated heterocycles. The molecular weight excluding hydrogens is 413 g/mol. The molecule has 1 heterocycles. The number of halogens is 1. The first-order chi connectivity index (χ1) is 14.8. The van der Waals surface area contributed by atoms with Crippen LogP contribution in [0.1, 0.15) is 27.0 Å². The summed E-state index contributed by atoms with van der Waals surface area (Å²) in [7, 11) is 0. The van der Waals surface area contributed by atoms with Gasteiger partial charge in [0.2, 0.25) is 0 Å². The molecule has 0 bridgehead atoms. The van der Waals surface area contributed by atoms with Gasteiger partial charge < -0.3 is 10.3 Å². The van der Waals surface area contributed by atoms with Crippen molar-refractivity contribution in [2.24, 2.45) is 0 Å². The van der Waals surface area contributed by atoms with Crippen molar-refractivity contribution in [2.75, 3.05) is 5.32 Å². The van der Waals surface area contributed by atoms with Crippen LogP contribution in [0, 0.1) is 31.4 Å². The maximum Gasteiger partial charge on any atom is 0.266 e. The molecule has 4 rings (SSSR count). The van der Waals surface area contributed by atoms with E-state index in [4.69, 9.17) is 12.2 Å². The van der Waals surface area contributed by atoms with Crippen LogP contribution in [0.2, 0.25) is 0 Å². The van der Waals surface area contributed by atoms with E-state index in [2.05, 4.69) is 10.3 Å². The van der Waals surface area contributed by atoms with Crippen LogP contribution < -0.4 is 10.9 Å². The molecule has 0 fully saturated rings. The third-order valence-electron chi connectivity index (χ3n) is 5.42. The van der Waals surface area contributed by atoms with Gasteiger partial charge in [-0.3, -0.25) is 14.2 Å². The Hall–Kier alpha value is -3.58. The van der Waals surface area contributed by atoms with Crippen LogP contribution in [0.3, 0.4) is 0 Å². The minimum Gasteiger partial charge on any atom is -0.331 e. The summed E-state index contributed by atoms with van der Waals surface area (Å²) in [6.07, 6.45) is 0. The molecular formula is C24H20FN3O2S. The zero-order chi connectivity index (χ0) is 22.3. The minimum absolute atomic E-state index is 0.240.